The number of hydrogen-bond acceptors (Lipinski definition) is 2. The number of rotatable bonds is 4. The maximum absolute atomic E-state index is 5.62. The molecule has 0 spiro atoms. The summed E-state index contributed by atoms with van der Waals surface area (Å²) in [5.74, 6) is 0.929. The molecule has 1 fully saturated rings. The van der Waals surface area contributed by atoms with Crippen LogP contribution in [0.1, 0.15) is 43.7 Å². The van der Waals surface area contributed by atoms with Gasteiger partial charge in [-0.25, -0.2) is 0 Å². The Hall–Kier alpha value is -0.860. The van der Waals surface area contributed by atoms with Gasteiger partial charge in [-0.05, 0) is 49.8 Å². The van der Waals surface area contributed by atoms with E-state index < -0.39 is 0 Å². The Morgan fingerprint density at radius 1 is 1.06 bits per heavy atom. The van der Waals surface area contributed by atoms with Gasteiger partial charge < -0.3 is 5.73 Å². The summed E-state index contributed by atoms with van der Waals surface area (Å²) in [5.41, 5.74) is 8.23. The fourth-order valence-electron chi connectivity index (χ4n) is 2.88. The fraction of sp³-hybridized carbons (Fsp3) is 0.625. The Morgan fingerprint density at radius 2 is 1.61 bits per heavy atom. The lowest BCUT2D eigenvalue weighted by molar-refractivity contribution is 0.164. The standard InChI is InChI=1S/C16H26N2/c1-13-3-9-16(10-4-13)18(2)12-15-7-5-14(11-17)6-8-15/h5-8,13,16H,3-4,9-12,17H2,1-2H3. The van der Waals surface area contributed by atoms with Crippen LogP contribution in [0.25, 0.3) is 0 Å². The van der Waals surface area contributed by atoms with Gasteiger partial charge in [0.2, 0.25) is 0 Å². The summed E-state index contributed by atoms with van der Waals surface area (Å²) in [7, 11) is 2.26. The first kappa shape index (κ1) is 13.6. The number of nitrogens with two attached hydrogens (primary N) is 1. The van der Waals surface area contributed by atoms with Gasteiger partial charge in [-0.15, -0.1) is 0 Å². The van der Waals surface area contributed by atoms with Crippen molar-refractivity contribution >= 4 is 0 Å². The summed E-state index contributed by atoms with van der Waals surface area (Å²) >= 11 is 0. The zero-order valence-electron chi connectivity index (χ0n) is 11.7. The van der Waals surface area contributed by atoms with Gasteiger partial charge in [-0.3, -0.25) is 4.90 Å². The zero-order chi connectivity index (χ0) is 13.0. The third-order valence-corrected chi connectivity index (χ3v) is 4.30. The van der Waals surface area contributed by atoms with Crippen LogP contribution < -0.4 is 5.73 Å². The SMILES string of the molecule is CC1CCC(N(C)Cc2ccc(CN)cc2)CC1. The van der Waals surface area contributed by atoms with Gasteiger partial charge in [0, 0.05) is 19.1 Å². The summed E-state index contributed by atoms with van der Waals surface area (Å²) in [5, 5.41) is 0. The Kier molecular flexibility index (Phi) is 4.79. The van der Waals surface area contributed by atoms with Crippen LogP contribution in [0.3, 0.4) is 0 Å². The van der Waals surface area contributed by atoms with E-state index in [0.717, 1.165) is 18.5 Å². The molecule has 2 heteroatoms. The highest BCUT2D eigenvalue weighted by Gasteiger charge is 2.21. The van der Waals surface area contributed by atoms with Crippen LogP contribution in [0, 0.1) is 5.92 Å². The zero-order valence-corrected chi connectivity index (χ0v) is 11.7. The molecule has 0 bridgehead atoms. The quantitative estimate of drug-likeness (QED) is 0.884. The second-order valence-electron chi connectivity index (χ2n) is 5.85. The molecule has 0 aromatic heterocycles. The van der Waals surface area contributed by atoms with Crippen molar-refractivity contribution in [1.82, 2.24) is 4.90 Å². The van der Waals surface area contributed by atoms with Gasteiger partial charge in [0.1, 0.15) is 0 Å². The highest BCUT2D eigenvalue weighted by Crippen LogP contribution is 2.27. The average molecular weight is 246 g/mol. The second-order valence-corrected chi connectivity index (χ2v) is 5.85. The smallest absolute Gasteiger partial charge is 0.0233 e. The minimum atomic E-state index is 0.636. The van der Waals surface area contributed by atoms with Crippen molar-refractivity contribution in [3.63, 3.8) is 0 Å². The molecule has 1 aliphatic rings. The van der Waals surface area contributed by atoms with Gasteiger partial charge in [-0.1, -0.05) is 31.2 Å². The third-order valence-electron chi connectivity index (χ3n) is 4.30. The van der Waals surface area contributed by atoms with Gasteiger partial charge in [0.25, 0.3) is 0 Å². The van der Waals surface area contributed by atoms with Crippen LogP contribution in [-0.4, -0.2) is 18.0 Å². The molecule has 0 radical (unpaired) electrons. The maximum atomic E-state index is 5.62. The predicted molar refractivity (Wildman–Crippen MR) is 77.2 cm³/mol. The molecule has 0 saturated heterocycles. The van der Waals surface area contributed by atoms with E-state index >= 15 is 0 Å². The highest BCUT2D eigenvalue weighted by atomic mass is 15.1. The second kappa shape index (κ2) is 6.35. The average Bonchev–Trinajstić information content (AvgIpc) is 2.40. The molecular weight excluding hydrogens is 220 g/mol. The molecule has 1 aliphatic carbocycles. The summed E-state index contributed by atoms with van der Waals surface area (Å²) in [4.78, 5) is 2.52. The first-order chi connectivity index (χ1) is 8.69. The summed E-state index contributed by atoms with van der Waals surface area (Å²) < 4.78 is 0. The van der Waals surface area contributed by atoms with Crippen LogP contribution in [0.4, 0.5) is 0 Å². The molecule has 100 valence electrons. The minimum Gasteiger partial charge on any atom is -0.326 e. The predicted octanol–water partition coefficient (Wildman–Crippen LogP) is 3.16. The molecule has 2 N–H and O–H groups in total. The third kappa shape index (κ3) is 3.56. The van der Waals surface area contributed by atoms with Gasteiger partial charge >= 0.3 is 0 Å². The van der Waals surface area contributed by atoms with E-state index in [1.54, 1.807) is 0 Å². The molecule has 18 heavy (non-hydrogen) atoms. The van der Waals surface area contributed by atoms with Crippen LogP contribution in [0.5, 0.6) is 0 Å². The van der Waals surface area contributed by atoms with E-state index in [1.165, 1.54) is 36.8 Å². The van der Waals surface area contributed by atoms with Crippen LogP contribution in [-0.2, 0) is 13.1 Å². The number of hydrogen-bond donors (Lipinski definition) is 1. The Labute approximate surface area is 111 Å². The molecule has 0 aliphatic heterocycles. The first-order valence-electron chi connectivity index (χ1n) is 7.17. The molecule has 0 heterocycles. The van der Waals surface area contributed by atoms with Crippen LogP contribution >= 0.6 is 0 Å². The normalized spacial score (nSPS) is 24.4. The molecule has 2 nitrogen and oxygen atoms in total. The molecule has 1 saturated carbocycles. The van der Waals surface area contributed by atoms with E-state index in [2.05, 4.69) is 43.1 Å². The van der Waals surface area contributed by atoms with Gasteiger partial charge in [-0.2, -0.15) is 0 Å². The fourth-order valence-corrected chi connectivity index (χ4v) is 2.88. The van der Waals surface area contributed by atoms with Gasteiger partial charge in [0.15, 0.2) is 0 Å². The summed E-state index contributed by atoms with van der Waals surface area (Å²) in [6.45, 7) is 4.07. The Morgan fingerprint density at radius 3 is 2.17 bits per heavy atom. The van der Waals surface area contributed by atoms with E-state index in [1.807, 2.05) is 0 Å². The molecule has 1 aromatic carbocycles. The summed E-state index contributed by atoms with van der Waals surface area (Å²) in [6.07, 6.45) is 5.50. The van der Waals surface area contributed by atoms with Crippen molar-refractivity contribution < 1.29 is 0 Å². The molecule has 0 unspecified atom stereocenters. The maximum Gasteiger partial charge on any atom is 0.0233 e. The van der Waals surface area contributed by atoms with Crippen molar-refractivity contribution in [2.45, 2.75) is 51.7 Å². The minimum absolute atomic E-state index is 0.636. The Balaban J connectivity index is 1.87. The van der Waals surface area contributed by atoms with Gasteiger partial charge in [0.05, 0.1) is 0 Å². The number of nitrogens with zero attached hydrogens (tertiary/aromatic N) is 1. The highest BCUT2D eigenvalue weighted by molar-refractivity contribution is 5.22. The lowest BCUT2D eigenvalue weighted by Gasteiger charge is -2.33. The first-order valence-corrected chi connectivity index (χ1v) is 7.17. The molecule has 1 aromatic rings. The lowest BCUT2D eigenvalue weighted by atomic mass is 9.86. The molecule has 2 rings (SSSR count). The van der Waals surface area contributed by atoms with Crippen LogP contribution in [0.2, 0.25) is 0 Å². The Bertz CT molecular complexity index is 350. The lowest BCUT2D eigenvalue weighted by Crippen LogP contribution is -2.34. The largest absolute Gasteiger partial charge is 0.326 e. The van der Waals surface area contributed by atoms with E-state index in [4.69, 9.17) is 5.73 Å². The van der Waals surface area contributed by atoms with Crippen molar-refractivity contribution in [1.29, 1.82) is 0 Å². The monoisotopic (exact) mass is 246 g/mol. The van der Waals surface area contributed by atoms with Crippen molar-refractivity contribution in [3.8, 4) is 0 Å². The van der Waals surface area contributed by atoms with Crippen LogP contribution in [0.15, 0.2) is 24.3 Å². The molecule has 0 atom stereocenters. The summed E-state index contributed by atoms with van der Waals surface area (Å²) in [6, 6.07) is 9.49. The number of benzene rings is 1. The van der Waals surface area contributed by atoms with E-state index in [9.17, 15) is 0 Å². The van der Waals surface area contributed by atoms with Crippen molar-refractivity contribution in [3.05, 3.63) is 35.4 Å². The molecule has 0 amide bonds. The topological polar surface area (TPSA) is 29.3 Å². The van der Waals surface area contributed by atoms with E-state index in [0.29, 0.717) is 6.54 Å². The van der Waals surface area contributed by atoms with Crippen molar-refractivity contribution in [2.75, 3.05) is 7.05 Å². The van der Waals surface area contributed by atoms with Crippen molar-refractivity contribution in [2.24, 2.45) is 11.7 Å². The molecular formula is C16H26N2. The van der Waals surface area contributed by atoms with E-state index in [-0.39, 0.29) is 0 Å².